The maximum atomic E-state index is 13.3. The third-order valence-corrected chi connectivity index (χ3v) is 4.79. The lowest BCUT2D eigenvalue weighted by atomic mass is 9.75. The minimum absolute atomic E-state index is 0.255. The van der Waals surface area contributed by atoms with E-state index in [2.05, 4.69) is 4.90 Å². The molecule has 0 bridgehead atoms. The average Bonchev–Trinajstić information content (AvgIpc) is 2.43. The fourth-order valence-electron chi connectivity index (χ4n) is 3.73. The van der Waals surface area contributed by atoms with Gasteiger partial charge < -0.3 is 5.11 Å². The fourth-order valence-corrected chi connectivity index (χ4v) is 3.73. The number of phenols is 1. The molecular formula is C16H22FNO. The molecule has 2 unspecified atom stereocenters. The topological polar surface area (TPSA) is 23.5 Å². The molecule has 0 spiro atoms. The summed E-state index contributed by atoms with van der Waals surface area (Å²) in [6, 6.07) is 4.74. The highest BCUT2D eigenvalue weighted by Crippen LogP contribution is 2.36. The molecule has 1 heterocycles. The van der Waals surface area contributed by atoms with Crippen LogP contribution in [0.1, 0.15) is 37.7 Å². The molecule has 2 nitrogen and oxygen atoms in total. The van der Waals surface area contributed by atoms with Crippen molar-refractivity contribution in [3.8, 4) is 5.75 Å². The molecule has 1 aromatic rings. The summed E-state index contributed by atoms with van der Waals surface area (Å²) in [4.78, 5) is 2.44. The van der Waals surface area contributed by atoms with Crippen molar-refractivity contribution >= 4 is 0 Å². The predicted octanol–water partition coefficient (Wildman–Crippen LogP) is 3.54. The van der Waals surface area contributed by atoms with E-state index < -0.39 is 5.82 Å². The number of rotatable bonds is 2. The van der Waals surface area contributed by atoms with Gasteiger partial charge in [-0.2, -0.15) is 0 Å². The van der Waals surface area contributed by atoms with E-state index in [1.165, 1.54) is 44.2 Å². The van der Waals surface area contributed by atoms with Crippen molar-refractivity contribution in [2.45, 2.75) is 38.6 Å². The van der Waals surface area contributed by atoms with Gasteiger partial charge in [-0.15, -0.1) is 0 Å². The maximum Gasteiger partial charge on any atom is 0.165 e. The zero-order chi connectivity index (χ0) is 13.2. The van der Waals surface area contributed by atoms with E-state index >= 15 is 0 Å². The molecule has 1 saturated heterocycles. The first-order valence-corrected chi connectivity index (χ1v) is 7.42. The number of aromatic hydroxyl groups is 1. The van der Waals surface area contributed by atoms with E-state index in [1.54, 1.807) is 0 Å². The van der Waals surface area contributed by atoms with Crippen LogP contribution in [-0.4, -0.2) is 23.1 Å². The third kappa shape index (κ3) is 2.92. The number of hydrogen-bond acceptors (Lipinski definition) is 2. The lowest BCUT2D eigenvalue weighted by Crippen LogP contribution is -2.41. The Kier molecular flexibility index (Phi) is 3.74. The molecule has 2 fully saturated rings. The average molecular weight is 263 g/mol. The van der Waals surface area contributed by atoms with Crippen LogP contribution in [0.3, 0.4) is 0 Å². The van der Waals surface area contributed by atoms with E-state index in [4.69, 9.17) is 0 Å². The van der Waals surface area contributed by atoms with Crippen molar-refractivity contribution in [2.24, 2.45) is 11.8 Å². The van der Waals surface area contributed by atoms with Crippen LogP contribution in [0, 0.1) is 17.7 Å². The van der Waals surface area contributed by atoms with Gasteiger partial charge in [0, 0.05) is 13.1 Å². The normalized spacial score (nSPS) is 28.1. The molecule has 1 saturated carbocycles. The Morgan fingerprint density at radius 1 is 1.16 bits per heavy atom. The van der Waals surface area contributed by atoms with Gasteiger partial charge in [0.15, 0.2) is 11.6 Å². The highest BCUT2D eigenvalue weighted by Gasteiger charge is 2.30. The molecule has 2 aliphatic rings. The largest absolute Gasteiger partial charge is 0.505 e. The molecule has 2 atom stereocenters. The molecule has 0 amide bonds. The number of phenolic OH excluding ortho intramolecular Hbond substituents is 1. The van der Waals surface area contributed by atoms with Crippen molar-refractivity contribution < 1.29 is 9.50 Å². The van der Waals surface area contributed by atoms with E-state index in [0.717, 1.165) is 37.0 Å². The van der Waals surface area contributed by atoms with Crippen LogP contribution in [0.4, 0.5) is 4.39 Å². The molecule has 1 aliphatic heterocycles. The molecule has 104 valence electrons. The first kappa shape index (κ1) is 12.9. The van der Waals surface area contributed by atoms with Crippen molar-refractivity contribution in [1.29, 1.82) is 0 Å². The van der Waals surface area contributed by atoms with Crippen LogP contribution in [0.15, 0.2) is 18.2 Å². The second-order valence-corrected chi connectivity index (χ2v) is 6.11. The molecule has 1 aromatic carbocycles. The Labute approximate surface area is 114 Å². The Morgan fingerprint density at radius 2 is 1.95 bits per heavy atom. The lowest BCUT2D eigenvalue weighted by Gasteiger charge is -2.41. The lowest BCUT2D eigenvalue weighted by molar-refractivity contribution is 0.0820. The van der Waals surface area contributed by atoms with Crippen molar-refractivity contribution in [1.82, 2.24) is 4.90 Å². The van der Waals surface area contributed by atoms with Crippen molar-refractivity contribution in [3.05, 3.63) is 29.6 Å². The van der Waals surface area contributed by atoms with E-state index in [0.29, 0.717) is 0 Å². The van der Waals surface area contributed by atoms with Gasteiger partial charge in [0.2, 0.25) is 0 Å². The second-order valence-electron chi connectivity index (χ2n) is 6.11. The summed E-state index contributed by atoms with van der Waals surface area (Å²) in [5, 5.41) is 9.22. The first-order valence-electron chi connectivity index (χ1n) is 7.42. The van der Waals surface area contributed by atoms with Gasteiger partial charge >= 0.3 is 0 Å². The Bertz CT molecular complexity index is 448. The van der Waals surface area contributed by atoms with Crippen molar-refractivity contribution in [2.75, 3.05) is 13.1 Å². The van der Waals surface area contributed by atoms with Gasteiger partial charge in [0.1, 0.15) is 0 Å². The molecule has 0 aromatic heterocycles. The summed E-state index contributed by atoms with van der Waals surface area (Å²) in [5.74, 6) is 1.02. The summed E-state index contributed by atoms with van der Waals surface area (Å²) < 4.78 is 13.3. The summed E-state index contributed by atoms with van der Waals surface area (Å²) in [7, 11) is 0. The van der Waals surface area contributed by atoms with Gasteiger partial charge in [-0.3, -0.25) is 4.90 Å². The second kappa shape index (κ2) is 5.49. The van der Waals surface area contributed by atoms with Crippen LogP contribution < -0.4 is 0 Å². The van der Waals surface area contributed by atoms with E-state index in [-0.39, 0.29) is 5.75 Å². The molecule has 1 N–H and O–H groups in total. The van der Waals surface area contributed by atoms with Gasteiger partial charge in [-0.05, 0) is 48.9 Å². The van der Waals surface area contributed by atoms with Crippen LogP contribution in [0.2, 0.25) is 0 Å². The summed E-state index contributed by atoms with van der Waals surface area (Å²) in [6.45, 7) is 3.09. The Hall–Kier alpha value is -1.09. The zero-order valence-electron chi connectivity index (χ0n) is 11.3. The number of nitrogens with zero attached hydrogens (tertiary/aromatic N) is 1. The molecular weight excluding hydrogens is 241 g/mol. The number of halogens is 1. The quantitative estimate of drug-likeness (QED) is 0.882. The zero-order valence-corrected chi connectivity index (χ0v) is 11.3. The Balaban J connectivity index is 1.62. The highest BCUT2D eigenvalue weighted by molar-refractivity contribution is 5.28. The minimum Gasteiger partial charge on any atom is -0.505 e. The SMILES string of the molecule is Oc1ccc(CN2CCC3CCCCC3C2)cc1F. The van der Waals surface area contributed by atoms with Gasteiger partial charge in [0.05, 0.1) is 0 Å². The van der Waals surface area contributed by atoms with Crippen LogP contribution >= 0.6 is 0 Å². The maximum absolute atomic E-state index is 13.3. The summed E-state index contributed by atoms with van der Waals surface area (Å²) in [6.07, 6.45) is 6.86. The third-order valence-electron chi connectivity index (χ3n) is 4.79. The number of fused-ring (bicyclic) bond motifs is 1. The number of likely N-dealkylation sites (tertiary alicyclic amines) is 1. The van der Waals surface area contributed by atoms with Gasteiger partial charge in [0.25, 0.3) is 0 Å². The smallest absolute Gasteiger partial charge is 0.165 e. The first-order chi connectivity index (χ1) is 9.22. The van der Waals surface area contributed by atoms with Crippen LogP contribution in [-0.2, 0) is 6.54 Å². The number of hydrogen-bond donors (Lipinski definition) is 1. The van der Waals surface area contributed by atoms with E-state index in [1.807, 2.05) is 6.07 Å². The predicted molar refractivity (Wildman–Crippen MR) is 73.4 cm³/mol. The van der Waals surface area contributed by atoms with Crippen molar-refractivity contribution in [3.63, 3.8) is 0 Å². The summed E-state index contributed by atoms with van der Waals surface area (Å²) >= 11 is 0. The standard InChI is InChI=1S/C16H22FNO/c17-15-9-12(5-6-16(15)19)10-18-8-7-13-3-1-2-4-14(13)11-18/h5-6,9,13-14,19H,1-4,7-8,10-11H2. The summed E-state index contributed by atoms with van der Waals surface area (Å²) in [5.41, 5.74) is 0.963. The fraction of sp³-hybridized carbons (Fsp3) is 0.625. The van der Waals surface area contributed by atoms with Gasteiger partial charge in [-0.25, -0.2) is 4.39 Å². The van der Waals surface area contributed by atoms with Gasteiger partial charge in [-0.1, -0.05) is 25.3 Å². The number of piperidine rings is 1. The monoisotopic (exact) mass is 263 g/mol. The molecule has 0 radical (unpaired) electrons. The van der Waals surface area contributed by atoms with E-state index in [9.17, 15) is 9.50 Å². The molecule has 19 heavy (non-hydrogen) atoms. The molecule has 1 aliphatic carbocycles. The minimum atomic E-state index is -0.509. The van der Waals surface area contributed by atoms with Crippen LogP contribution in [0.5, 0.6) is 5.75 Å². The Morgan fingerprint density at radius 3 is 2.74 bits per heavy atom. The molecule has 3 heteroatoms. The number of benzene rings is 1. The van der Waals surface area contributed by atoms with Crippen LogP contribution in [0.25, 0.3) is 0 Å². The highest BCUT2D eigenvalue weighted by atomic mass is 19.1. The molecule has 3 rings (SSSR count).